The van der Waals surface area contributed by atoms with Crippen molar-refractivity contribution in [3.05, 3.63) is 0 Å². The van der Waals surface area contributed by atoms with E-state index in [9.17, 15) is 14.7 Å². The van der Waals surface area contributed by atoms with E-state index in [0.29, 0.717) is 78.1 Å². The largest absolute Gasteiger partial charge is 0.469 e. The number of hydrogen-bond acceptors (Lipinski definition) is 8. The summed E-state index contributed by atoms with van der Waals surface area (Å²) in [4.78, 5) is 24.7. The highest BCUT2D eigenvalue weighted by atomic mass is 16.5. The number of fused-ring (bicyclic) bond motifs is 8. The second-order valence-corrected chi connectivity index (χ2v) is 15.1. The lowest BCUT2D eigenvalue weighted by atomic mass is 9.76. The number of hydrogen-bond donors (Lipinski definition) is 5. The lowest BCUT2D eigenvalue weighted by Crippen LogP contribution is -2.48. The molecule has 0 aromatic rings. The predicted molar refractivity (Wildman–Crippen MR) is 159 cm³/mol. The van der Waals surface area contributed by atoms with E-state index >= 15 is 0 Å². The third-order valence-corrected chi connectivity index (χ3v) is 13.6. The topological polar surface area (TPSA) is 112 Å². The Balaban J connectivity index is 1.34. The fourth-order valence-corrected chi connectivity index (χ4v) is 11.2. The monoisotopic (exact) mass is 572 g/mol. The Morgan fingerprint density at radius 3 is 2.07 bits per heavy atom. The van der Waals surface area contributed by atoms with Crippen LogP contribution in [0.25, 0.3) is 0 Å². The zero-order chi connectivity index (χ0) is 29.2. The van der Waals surface area contributed by atoms with Crippen molar-refractivity contribution < 1.29 is 19.4 Å². The van der Waals surface area contributed by atoms with Crippen molar-refractivity contribution >= 4 is 12.3 Å². The first-order valence-corrected chi connectivity index (χ1v) is 16.9. The summed E-state index contributed by atoms with van der Waals surface area (Å²) in [6.07, 6.45) is 7.23. The van der Waals surface area contributed by atoms with E-state index in [-0.39, 0.29) is 42.0 Å². The summed E-state index contributed by atoms with van der Waals surface area (Å²) in [6, 6.07) is 2.60. The maximum absolute atomic E-state index is 12.4. The van der Waals surface area contributed by atoms with Crippen molar-refractivity contribution in [2.75, 3.05) is 7.11 Å². The molecule has 232 valence electrons. The van der Waals surface area contributed by atoms with E-state index in [1.54, 1.807) is 0 Å². The van der Waals surface area contributed by atoms with Crippen LogP contribution < -0.4 is 21.3 Å². The van der Waals surface area contributed by atoms with Gasteiger partial charge in [-0.25, -0.2) is 0 Å². The van der Waals surface area contributed by atoms with Gasteiger partial charge < -0.3 is 35.9 Å². The standard InChI is InChI=1S/C33H56N4O4/c1-7-19-15(2)24-12-28-22(14-38)17(4)23(35-28)11-25-16(3)20(8-9-30(40)41-6)32(36-25)21-10-29(39)31-18(5)26(37-33(21)31)13-27(19)34-24/h14-29,31-37,39H,7-13H2,1-6H3. The molecule has 1 aliphatic carbocycles. The highest BCUT2D eigenvalue weighted by Gasteiger charge is 2.58. The van der Waals surface area contributed by atoms with E-state index < -0.39 is 0 Å². The number of aliphatic hydroxyl groups excluding tert-OH is 1. The van der Waals surface area contributed by atoms with Gasteiger partial charge in [0.1, 0.15) is 6.29 Å². The summed E-state index contributed by atoms with van der Waals surface area (Å²) < 4.78 is 5.04. The van der Waals surface area contributed by atoms with Crippen LogP contribution in [0.15, 0.2) is 0 Å². The van der Waals surface area contributed by atoms with E-state index in [2.05, 4.69) is 55.9 Å². The van der Waals surface area contributed by atoms with Crippen LogP contribution >= 0.6 is 0 Å². The molecule has 8 bridgehead atoms. The number of methoxy groups -OCH3 is 1. The normalized spacial score (nSPS) is 54.4. The highest BCUT2D eigenvalue weighted by Crippen LogP contribution is 2.50. The van der Waals surface area contributed by atoms with Crippen molar-refractivity contribution in [1.29, 1.82) is 0 Å². The van der Waals surface area contributed by atoms with Crippen LogP contribution in [0.3, 0.4) is 0 Å². The molecule has 0 spiro atoms. The van der Waals surface area contributed by atoms with Crippen LogP contribution in [-0.2, 0) is 14.3 Å². The van der Waals surface area contributed by atoms with Gasteiger partial charge in [-0.1, -0.05) is 41.0 Å². The quantitative estimate of drug-likeness (QED) is 0.253. The molecule has 41 heavy (non-hydrogen) atoms. The van der Waals surface area contributed by atoms with Gasteiger partial charge in [-0.05, 0) is 73.5 Å². The molecule has 0 aromatic heterocycles. The van der Waals surface area contributed by atoms with Crippen molar-refractivity contribution in [1.82, 2.24) is 21.3 Å². The van der Waals surface area contributed by atoms with Crippen LogP contribution in [0, 0.1) is 53.3 Å². The third-order valence-electron chi connectivity index (χ3n) is 13.6. The molecule has 6 fully saturated rings. The number of carbonyl (C=O) groups is 2. The van der Waals surface area contributed by atoms with E-state index in [0.717, 1.165) is 38.5 Å². The van der Waals surface area contributed by atoms with Crippen LogP contribution in [0.5, 0.6) is 0 Å². The minimum Gasteiger partial charge on any atom is -0.469 e. The molecule has 1 saturated carbocycles. The molecule has 5 aliphatic heterocycles. The Morgan fingerprint density at radius 2 is 1.37 bits per heavy atom. The summed E-state index contributed by atoms with van der Waals surface area (Å²) in [5.41, 5.74) is 0. The van der Waals surface area contributed by atoms with Crippen molar-refractivity contribution in [3.63, 3.8) is 0 Å². The molecular weight excluding hydrogens is 516 g/mol. The zero-order valence-electron chi connectivity index (χ0n) is 26.1. The molecule has 8 heteroatoms. The van der Waals surface area contributed by atoms with Gasteiger partial charge in [-0.2, -0.15) is 0 Å². The number of rotatable bonds is 5. The predicted octanol–water partition coefficient (Wildman–Crippen LogP) is 2.48. The Morgan fingerprint density at radius 1 is 0.780 bits per heavy atom. The van der Waals surface area contributed by atoms with Crippen LogP contribution in [0.4, 0.5) is 0 Å². The smallest absolute Gasteiger partial charge is 0.305 e. The van der Waals surface area contributed by atoms with Crippen LogP contribution in [0.1, 0.15) is 79.6 Å². The van der Waals surface area contributed by atoms with Gasteiger partial charge in [0, 0.05) is 66.6 Å². The van der Waals surface area contributed by atoms with Gasteiger partial charge in [0.15, 0.2) is 0 Å². The van der Waals surface area contributed by atoms with Gasteiger partial charge in [0.2, 0.25) is 0 Å². The fraction of sp³-hybridized carbons (Fsp3) is 0.939. The number of aldehydes is 1. The molecule has 6 rings (SSSR count). The Hall–Kier alpha value is -1.06. The average Bonchev–Trinajstić information content (AvgIpc) is 3.70. The third kappa shape index (κ3) is 5.11. The molecule has 5 N–H and O–H groups in total. The molecule has 8 nitrogen and oxygen atoms in total. The zero-order valence-corrected chi connectivity index (χ0v) is 26.1. The van der Waals surface area contributed by atoms with Gasteiger partial charge in [0.05, 0.1) is 13.2 Å². The summed E-state index contributed by atoms with van der Waals surface area (Å²) in [5.74, 6) is 3.17. The molecule has 0 radical (unpaired) electrons. The van der Waals surface area contributed by atoms with Gasteiger partial charge in [-0.15, -0.1) is 0 Å². The lowest BCUT2D eigenvalue weighted by molar-refractivity contribution is -0.141. The number of carbonyl (C=O) groups excluding carboxylic acids is 2. The summed E-state index contributed by atoms with van der Waals surface area (Å²) in [7, 11) is 1.48. The van der Waals surface area contributed by atoms with Gasteiger partial charge >= 0.3 is 5.97 Å². The Bertz CT molecular complexity index is 966. The molecule has 5 saturated heterocycles. The summed E-state index contributed by atoms with van der Waals surface area (Å²) in [6.45, 7) is 11.7. The number of nitrogens with one attached hydrogen (secondary N) is 4. The van der Waals surface area contributed by atoms with Crippen molar-refractivity contribution in [2.24, 2.45) is 53.3 Å². The maximum atomic E-state index is 12.4. The van der Waals surface area contributed by atoms with Crippen molar-refractivity contribution in [2.45, 2.75) is 134 Å². The second-order valence-electron chi connectivity index (χ2n) is 15.1. The van der Waals surface area contributed by atoms with Gasteiger partial charge in [0.25, 0.3) is 0 Å². The Kier molecular flexibility index (Phi) is 8.63. The highest BCUT2D eigenvalue weighted by molar-refractivity contribution is 5.69. The van der Waals surface area contributed by atoms with Crippen LogP contribution in [0.2, 0.25) is 0 Å². The first kappa shape index (κ1) is 30.0. The summed E-state index contributed by atoms with van der Waals surface area (Å²) >= 11 is 0. The lowest BCUT2D eigenvalue weighted by Gasteiger charge is -2.32. The van der Waals surface area contributed by atoms with Crippen molar-refractivity contribution in [3.8, 4) is 0 Å². The molecule has 6 aliphatic rings. The number of aliphatic hydroxyl groups is 1. The molecule has 0 aromatic carbocycles. The minimum atomic E-state index is -0.287. The average molecular weight is 573 g/mol. The first-order chi connectivity index (χ1) is 19.7. The van der Waals surface area contributed by atoms with Crippen LogP contribution in [-0.4, -0.2) is 78.9 Å². The maximum Gasteiger partial charge on any atom is 0.305 e. The molecule has 18 unspecified atom stereocenters. The van der Waals surface area contributed by atoms with E-state index in [1.807, 2.05) is 0 Å². The number of esters is 1. The minimum absolute atomic E-state index is 0.0369. The number of ether oxygens (including phenoxy) is 1. The van der Waals surface area contributed by atoms with E-state index in [1.165, 1.54) is 13.4 Å². The SMILES string of the molecule is CCC1C2CC3NC4C(CC(O)C4C3C)C3NC(CC4NC(CC(N2)C1C)C(C=O)C4C)C(C)C3CCC(=O)OC. The molecular formula is C33H56N4O4. The molecule has 5 heterocycles. The Labute approximate surface area is 247 Å². The van der Waals surface area contributed by atoms with Gasteiger partial charge in [-0.3, -0.25) is 4.79 Å². The summed E-state index contributed by atoms with van der Waals surface area (Å²) in [5, 5.41) is 27.7. The first-order valence-electron chi connectivity index (χ1n) is 16.9. The van der Waals surface area contributed by atoms with E-state index in [4.69, 9.17) is 4.74 Å². The fourth-order valence-electron chi connectivity index (χ4n) is 11.2. The molecule has 0 amide bonds. The molecule has 18 atom stereocenters. The second kappa shape index (κ2) is 11.8.